The third-order valence-electron chi connectivity index (χ3n) is 12.6. The second-order valence-corrected chi connectivity index (χ2v) is 55.5. The van der Waals surface area contributed by atoms with Crippen molar-refractivity contribution in [2.24, 2.45) is 0 Å². The fourth-order valence-corrected chi connectivity index (χ4v) is 24.5. The van der Waals surface area contributed by atoms with E-state index in [2.05, 4.69) is 127 Å². The molecule has 0 fully saturated rings. The Morgan fingerprint density at radius 1 is 0.300 bits per heavy atom. The average Bonchev–Trinajstić information content (AvgIpc) is 4.02. The molecule has 0 amide bonds. The van der Waals surface area contributed by atoms with Gasteiger partial charge in [-0.3, -0.25) is 0 Å². The molecule has 0 spiro atoms. The van der Waals surface area contributed by atoms with E-state index in [0.717, 1.165) is 0 Å². The van der Waals surface area contributed by atoms with Crippen molar-refractivity contribution in [3.63, 3.8) is 0 Å². The molecule has 4 aromatic heterocycles. The van der Waals surface area contributed by atoms with Gasteiger partial charge < -0.3 is 0 Å². The first-order valence-electron chi connectivity index (χ1n) is 25.4. The first-order chi connectivity index (χ1) is 28.9. The van der Waals surface area contributed by atoms with Crippen LogP contribution in [0.15, 0.2) is 24.3 Å². The van der Waals surface area contributed by atoms with E-state index in [1.165, 1.54) is 180 Å². The number of hydrogen-bond acceptors (Lipinski definition) is 4. The third kappa shape index (κ3) is 17.7. The molecule has 338 valence electrons. The van der Waals surface area contributed by atoms with Gasteiger partial charge in [0.25, 0.3) is 0 Å². The van der Waals surface area contributed by atoms with E-state index in [-0.39, 0.29) is 0 Å². The first kappa shape index (κ1) is 53.0. The van der Waals surface area contributed by atoms with Gasteiger partial charge in [-0.05, 0) is 0 Å². The van der Waals surface area contributed by atoms with Crippen molar-refractivity contribution in [2.45, 2.75) is 237 Å². The van der Waals surface area contributed by atoms with Crippen LogP contribution in [0.1, 0.15) is 204 Å². The summed E-state index contributed by atoms with van der Waals surface area (Å²) in [5.74, 6) is 0. The van der Waals surface area contributed by atoms with Crippen LogP contribution in [-0.2, 0) is 25.7 Å². The van der Waals surface area contributed by atoms with Gasteiger partial charge in [0.2, 0.25) is 0 Å². The second-order valence-electron chi connectivity index (χ2n) is 20.4. The zero-order valence-corrected chi connectivity index (χ0v) is 49.7. The van der Waals surface area contributed by atoms with Crippen LogP contribution in [0.2, 0.25) is 29.6 Å². The average molecular weight is 1110 g/mol. The van der Waals surface area contributed by atoms with Crippen molar-refractivity contribution in [3.05, 3.63) is 46.5 Å². The van der Waals surface area contributed by atoms with Gasteiger partial charge in [-0.25, -0.2) is 0 Å². The minimum absolute atomic E-state index is 1.23. The Hall–Kier alpha value is 0.397. The van der Waals surface area contributed by atoms with Gasteiger partial charge in [0, 0.05) is 0 Å². The van der Waals surface area contributed by atoms with Crippen molar-refractivity contribution < 1.29 is 0 Å². The number of hydrogen-bond donors (Lipinski definition) is 0. The Bertz CT molecular complexity index is 1620. The van der Waals surface area contributed by atoms with Crippen LogP contribution in [0.4, 0.5) is 0 Å². The zero-order chi connectivity index (χ0) is 43.4. The maximum atomic E-state index is 2.72. The molecule has 0 radical (unpaired) electrons. The molecule has 0 saturated heterocycles. The molecule has 0 nitrogen and oxygen atoms in total. The molecule has 0 unspecified atom stereocenters. The van der Waals surface area contributed by atoms with Gasteiger partial charge in [0.1, 0.15) is 0 Å². The van der Waals surface area contributed by atoms with Gasteiger partial charge in [-0.2, -0.15) is 0 Å². The predicted octanol–water partition coefficient (Wildman–Crippen LogP) is 19.6. The van der Waals surface area contributed by atoms with Gasteiger partial charge >= 0.3 is 374 Å². The fraction of sp³-hybridized carbons (Fsp3) is 0.704. The van der Waals surface area contributed by atoms with E-state index >= 15 is 0 Å². The van der Waals surface area contributed by atoms with E-state index in [0.29, 0.717) is 0 Å². The number of thiophene rings is 4. The molecule has 4 heterocycles. The molecule has 6 heteroatoms. The molecule has 0 aliphatic carbocycles. The van der Waals surface area contributed by atoms with E-state index in [1.807, 2.05) is 0 Å². The molecule has 0 saturated carbocycles. The molecule has 0 bridgehead atoms. The van der Waals surface area contributed by atoms with Crippen molar-refractivity contribution in [1.82, 2.24) is 0 Å². The van der Waals surface area contributed by atoms with Crippen LogP contribution in [0.5, 0.6) is 0 Å². The molecule has 0 aliphatic rings. The van der Waals surface area contributed by atoms with Crippen molar-refractivity contribution in [2.75, 3.05) is 0 Å². The van der Waals surface area contributed by atoms with Crippen LogP contribution < -0.4 is 5.79 Å². The Balaban J connectivity index is 1.79. The fourth-order valence-electron chi connectivity index (χ4n) is 8.61. The molecular weight excluding hydrogens is 1010 g/mol. The van der Waals surface area contributed by atoms with Crippen LogP contribution in [0, 0.1) is 0 Å². The summed E-state index contributed by atoms with van der Waals surface area (Å²) in [6.07, 6.45) is 37.9. The topological polar surface area (TPSA) is 0 Å². The van der Waals surface area contributed by atoms with Crippen molar-refractivity contribution >= 4 is 87.9 Å². The minimum atomic E-state index is -2.25. The Labute approximate surface area is 396 Å². The van der Waals surface area contributed by atoms with Gasteiger partial charge in [0.05, 0.1) is 0 Å². The summed E-state index contributed by atoms with van der Waals surface area (Å²) in [5.41, 5.74) is 6.67. The summed E-state index contributed by atoms with van der Waals surface area (Å²) in [6, 6.07) is 10.9. The number of unbranched alkanes of at least 4 members (excludes halogenated alkanes) is 20. The van der Waals surface area contributed by atoms with Crippen molar-refractivity contribution in [3.8, 4) is 29.3 Å². The molecule has 0 atom stereocenters. The van der Waals surface area contributed by atoms with Gasteiger partial charge in [-0.15, -0.1) is 0 Å². The normalized spacial score (nSPS) is 12.4. The van der Waals surface area contributed by atoms with Crippen LogP contribution in [-0.4, -0.2) is 36.8 Å². The SMILES string of the molecule is CCCCCCCCc1c[c]([Sn]([CH3])([CH3])[CH3])sc1-c1cc(CCCCCCCC)c(-c2sc(-c3s[c]([Sn]([CH3])([CH3])[CH3])cc3CCCCCCCC)cc2CCCCCCCC)s1. The molecule has 4 aromatic rings. The number of aryl methyl sites for hydroxylation is 4. The third-order valence-corrected chi connectivity index (χ3v) is 36.7. The first-order valence-corrected chi connectivity index (χ1v) is 48.7. The molecule has 0 aliphatic heterocycles. The Morgan fingerprint density at radius 3 is 0.817 bits per heavy atom. The van der Waals surface area contributed by atoms with Gasteiger partial charge in [-0.1, -0.05) is 26.7 Å². The Morgan fingerprint density at radius 2 is 0.550 bits per heavy atom. The summed E-state index contributed by atoms with van der Waals surface area (Å²) in [6.45, 7) is 9.36. The van der Waals surface area contributed by atoms with E-state index in [4.69, 9.17) is 0 Å². The summed E-state index contributed by atoms with van der Waals surface area (Å²) < 4.78 is 3.54. The molecule has 60 heavy (non-hydrogen) atoms. The summed E-state index contributed by atoms with van der Waals surface area (Å²) in [7, 11) is 0. The number of rotatable bonds is 33. The van der Waals surface area contributed by atoms with Crippen LogP contribution in [0.3, 0.4) is 0 Å². The van der Waals surface area contributed by atoms with Crippen molar-refractivity contribution in [1.29, 1.82) is 0 Å². The Kier molecular flexibility index (Phi) is 25.1. The monoisotopic (exact) mass is 1110 g/mol. The van der Waals surface area contributed by atoms with Crippen LogP contribution >= 0.6 is 45.3 Å². The van der Waals surface area contributed by atoms with E-state index in [9.17, 15) is 0 Å². The standard InChI is InChI=1S/C48H72S4.6CH3.2Sn/c1-5-9-13-17-21-25-29-39-33-35-49-45(39)43-37-41(31-27-23-19-15-11-7-3)47(51-43)48-42(32-28-24-20-16-12-8-4)38-44(52-48)46-40(34-36-50-46)30-26-22-18-14-10-6-2;;;;;;;;/h33-34,37-38H,5-32H2,1-4H3;6*1H3;;. The predicted molar refractivity (Wildman–Crippen MR) is 289 cm³/mol. The zero-order valence-electron chi connectivity index (χ0n) is 40.7. The quantitative estimate of drug-likeness (QED) is 0.0329. The summed E-state index contributed by atoms with van der Waals surface area (Å²) in [5, 5.41) is 0. The maximum absolute atomic E-state index is 2.72. The second kappa shape index (κ2) is 28.4. The molecule has 0 aromatic carbocycles. The molecular formula is C54H90S4Sn2. The van der Waals surface area contributed by atoms with E-state index < -0.39 is 36.8 Å². The molecule has 4 rings (SSSR count). The molecule has 0 N–H and O–H groups in total. The van der Waals surface area contributed by atoms with Gasteiger partial charge in [0.15, 0.2) is 0 Å². The van der Waals surface area contributed by atoms with Crippen LogP contribution in [0.25, 0.3) is 29.3 Å². The van der Waals surface area contributed by atoms with E-state index in [1.54, 1.807) is 57.3 Å². The summed E-state index contributed by atoms with van der Waals surface area (Å²) in [4.78, 5) is 25.5. The summed E-state index contributed by atoms with van der Waals surface area (Å²) >= 11 is 4.32.